The smallest absolute Gasteiger partial charge is 0.165 e. The molecule has 5 aromatic carbocycles. The normalized spacial score (nSPS) is 13.3. The molecule has 5 heteroatoms. The third-order valence-electron chi connectivity index (χ3n) is 8.38. The summed E-state index contributed by atoms with van der Waals surface area (Å²) in [5, 5.41) is 4.56. The van der Waals surface area contributed by atoms with Crippen LogP contribution in [0, 0.1) is 0 Å². The molecule has 0 spiro atoms. The minimum atomic E-state index is 0.636. The summed E-state index contributed by atoms with van der Waals surface area (Å²) >= 11 is 1.83. The molecule has 0 fully saturated rings. The molecule has 0 aliphatic heterocycles. The van der Waals surface area contributed by atoms with Gasteiger partial charge >= 0.3 is 0 Å². The summed E-state index contributed by atoms with van der Waals surface area (Å²) in [4.78, 5) is 15.4. The molecule has 3 heterocycles. The van der Waals surface area contributed by atoms with Gasteiger partial charge in [-0.15, -0.1) is 11.3 Å². The lowest BCUT2D eigenvalue weighted by Crippen LogP contribution is -2.04. The third kappa shape index (κ3) is 4.01. The van der Waals surface area contributed by atoms with Crippen molar-refractivity contribution >= 4 is 59.0 Å². The van der Waals surface area contributed by atoms with Crippen molar-refractivity contribution in [3.05, 3.63) is 133 Å². The van der Waals surface area contributed by atoms with Gasteiger partial charge in [0, 0.05) is 47.6 Å². The predicted octanol–water partition coefficient (Wildman–Crippen LogP) is 10.9. The molecule has 0 unspecified atom stereocenters. The summed E-state index contributed by atoms with van der Waals surface area (Å²) in [5.74, 6) is 1.97. The zero-order valence-electron chi connectivity index (χ0n) is 23.7. The zero-order valence-corrected chi connectivity index (χ0v) is 24.5. The first-order valence-corrected chi connectivity index (χ1v) is 15.7. The molecule has 208 valence electrons. The molecule has 0 atom stereocenters. The molecule has 44 heavy (non-hydrogen) atoms. The van der Waals surface area contributed by atoms with Gasteiger partial charge in [0.1, 0.15) is 11.2 Å². The molecule has 0 bridgehead atoms. The number of furan rings is 1. The van der Waals surface area contributed by atoms with E-state index in [1.165, 1.54) is 20.2 Å². The number of hydrogen-bond donors (Lipinski definition) is 0. The summed E-state index contributed by atoms with van der Waals surface area (Å²) < 4.78 is 8.95. The fraction of sp³-hybridized carbons (Fsp3) is 0.0513. The third-order valence-corrected chi connectivity index (χ3v) is 9.52. The van der Waals surface area contributed by atoms with Crippen molar-refractivity contribution in [3.63, 3.8) is 0 Å². The first kappa shape index (κ1) is 25.1. The standard InChI is InChI=1S/C39H25N3OS/c1-3-12-24(13-4-1)37-40-38(25-14-5-2-6-15-25)42-39(41-37)36-27(22-23-31-35(36)28-16-7-9-19-30(28)43-31)26-18-11-21-33-34(26)29-17-8-10-20-32(29)44-33/h1,3-5,7-23H,2,6H2. The summed E-state index contributed by atoms with van der Waals surface area (Å²) in [6.45, 7) is 0. The van der Waals surface area contributed by atoms with Crippen LogP contribution < -0.4 is 0 Å². The largest absolute Gasteiger partial charge is 0.456 e. The van der Waals surface area contributed by atoms with Crippen LogP contribution in [-0.4, -0.2) is 15.0 Å². The van der Waals surface area contributed by atoms with E-state index in [0.29, 0.717) is 17.5 Å². The summed E-state index contributed by atoms with van der Waals surface area (Å²) in [5.41, 5.74) is 6.81. The van der Waals surface area contributed by atoms with Crippen molar-refractivity contribution in [2.75, 3.05) is 0 Å². The Bertz CT molecular complexity index is 2450. The summed E-state index contributed by atoms with van der Waals surface area (Å²) in [6.07, 6.45) is 8.54. The van der Waals surface area contributed by atoms with E-state index < -0.39 is 0 Å². The maximum atomic E-state index is 6.42. The first-order valence-electron chi connectivity index (χ1n) is 14.9. The molecule has 0 amide bonds. The summed E-state index contributed by atoms with van der Waals surface area (Å²) in [7, 11) is 0. The van der Waals surface area contributed by atoms with Gasteiger partial charge in [-0.1, -0.05) is 97.1 Å². The van der Waals surface area contributed by atoms with E-state index in [1.54, 1.807) is 0 Å². The Balaban J connectivity index is 1.42. The highest BCUT2D eigenvalue weighted by atomic mass is 32.1. The van der Waals surface area contributed by atoms with E-state index in [-0.39, 0.29) is 0 Å². The van der Waals surface area contributed by atoms with Crippen LogP contribution in [0.5, 0.6) is 0 Å². The number of thiophene rings is 1. The number of aromatic nitrogens is 3. The monoisotopic (exact) mass is 583 g/mol. The Labute approximate surface area is 257 Å². The highest BCUT2D eigenvalue weighted by molar-refractivity contribution is 7.25. The van der Waals surface area contributed by atoms with Gasteiger partial charge in [0.15, 0.2) is 17.5 Å². The Morgan fingerprint density at radius 1 is 0.545 bits per heavy atom. The molecule has 8 aromatic rings. The van der Waals surface area contributed by atoms with Crippen LogP contribution in [-0.2, 0) is 0 Å². The second-order valence-electron chi connectivity index (χ2n) is 11.0. The van der Waals surface area contributed by atoms with Crippen molar-refractivity contribution in [3.8, 4) is 33.9 Å². The van der Waals surface area contributed by atoms with Crippen LogP contribution in [0.3, 0.4) is 0 Å². The molecule has 0 radical (unpaired) electrons. The SMILES string of the molecule is C1=CC(c2nc(-c3ccccc3)nc(-c3c(-c4cccc5sc6ccccc6c45)ccc4oc5ccccc5c34)n2)=CCC1. The van der Waals surface area contributed by atoms with Crippen molar-refractivity contribution in [2.45, 2.75) is 12.8 Å². The molecule has 3 aromatic heterocycles. The highest BCUT2D eigenvalue weighted by Crippen LogP contribution is 2.46. The van der Waals surface area contributed by atoms with Crippen LogP contribution in [0.2, 0.25) is 0 Å². The van der Waals surface area contributed by atoms with E-state index >= 15 is 0 Å². The zero-order chi connectivity index (χ0) is 29.0. The highest BCUT2D eigenvalue weighted by Gasteiger charge is 2.23. The van der Waals surface area contributed by atoms with Crippen molar-refractivity contribution < 1.29 is 4.42 Å². The van der Waals surface area contributed by atoms with E-state index in [2.05, 4.69) is 97.1 Å². The van der Waals surface area contributed by atoms with Gasteiger partial charge in [-0.2, -0.15) is 0 Å². The van der Waals surface area contributed by atoms with Gasteiger partial charge in [-0.25, -0.2) is 15.0 Å². The van der Waals surface area contributed by atoms with Crippen molar-refractivity contribution in [1.29, 1.82) is 0 Å². The topological polar surface area (TPSA) is 51.8 Å². The molecule has 0 N–H and O–H groups in total. The van der Waals surface area contributed by atoms with Crippen LogP contribution in [0.4, 0.5) is 0 Å². The van der Waals surface area contributed by atoms with Crippen LogP contribution in [0.1, 0.15) is 18.7 Å². The number of hydrogen-bond acceptors (Lipinski definition) is 5. The number of rotatable bonds is 4. The molecule has 4 nitrogen and oxygen atoms in total. The maximum Gasteiger partial charge on any atom is 0.165 e. The summed E-state index contributed by atoms with van der Waals surface area (Å²) in [6, 6.07) is 37.9. The average molecular weight is 584 g/mol. The van der Waals surface area contributed by atoms with Gasteiger partial charge in [0.05, 0.1) is 0 Å². The Morgan fingerprint density at radius 3 is 2.20 bits per heavy atom. The van der Waals surface area contributed by atoms with Crippen molar-refractivity contribution in [2.24, 2.45) is 0 Å². The Hall–Kier alpha value is -5.39. The fourth-order valence-electron chi connectivity index (χ4n) is 6.38. The number of allylic oxidation sites excluding steroid dienone is 4. The fourth-order valence-corrected chi connectivity index (χ4v) is 7.52. The predicted molar refractivity (Wildman–Crippen MR) is 183 cm³/mol. The molecular formula is C39H25N3OS. The van der Waals surface area contributed by atoms with Gasteiger partial charge in [0.25, 0.3) is 0 Å². The quantitative estimate of drug-likeness (QED) is 0.207. The van der Waals surface area contributed by atoms with Gasteiger partial charge < -0.3 is 4.42 Å². The average Bonchev–Trinajstić information content (AvgIpc) is 3.67. The van der Waals surface area contributed by atoms with Crippen LogP contribution >= 0.6 is 11.3 Å². The van der Waals surface area contributed by atoms with Crippen molar-refractivity contribution in [1.82, 2.24) is 15.0 Å². The molecule has 1 aliphatic carbocycles. The second-order valence-corrected chi connectivity index (χ2v) is 12.1. The molecule has 0 saturated carbocycles. The molecular weight excluding hydrogens is 559 g/mol. The van der Waals surface area contributed by atoms with Crippen LogP contribution in [0.15, 0.2) is 132 Å². The number of benzene rings is 5. The number of nitrogens with zero attached hydrogens (tertiary/aromatic N) is 3. The Morgan fingerprint density at radius 2 is 1.32 bits per heavy atom. The Kier molecular flexibility index (Phi) is 5.78. The second kappa shape index (κ2) is 10.1. The molecule has 0 saturated heterocycles. The van der Waals surface area contributed by atoms with Crippen LogP contribution in [0.25, 0.3) is 81.6 Å². The maximum absolute atomic E-state index is 6.42. The number of para-hydroxylation sites is 1. The molecule has 9 rings (SSSR count). The minimum absolute atomic E-state index is 0.636. The van der Waals surface area contributed by atoms with Gasteiger partial charge in [0.2, 0.25) is 0 Å². The number of fused-ring (bicyclic) bond motifs is 6. The lowest BCUT2D eigenvalue weighted by atomic mass is 9.92. The van der Waals surface area contributed by atoms with Gasteiger partial charge in [-0.05, 0) is 54.3 Å². The lowest BCUT2D eigenvalue weighted by Gasteiger charge is -2.15. The minimum Gasteiger partial charge on any atom is -0.456 e. The first-order chi connectivity index (χ1) is 21.8. The molecule has 1 aliphatic rings. The van der Waals surface area contributed by atoms with E-state index in [9.17, 15) is 0 Å². The van der Waals surface area contributed by atoms with E-state index in [1.807, 2.05) is 41.7 Å². The van der Waals surface area contributed by atoms with Gasteiger partial charge in [-0.3, -0.25) is 0 Å². The van der Waals surface area contributed by atoms with E-state index in [4.69, 9.17) is 19.4 Å². The van der Waals surface area contributed by atoms with E-state index in [0.717, 1.165) is 62.6 Å². The lowest BCUT2D eigenvalue weighted by molar-refractivity contribution is 0.669.